The van der Waals surface area contributed by atoms with Crippen LogP contribution in [0, 0.1) is 0 Å². The highest BCUT2D eigenvalue weighted by Gasteiger charge is 2.27. The molecule has 1 unspecified atom stereocenters. The van der Waals surface area contributed by atoms with Crippen LogP contribution in [0.25, 0.3) is 11.4 Å². The summed E-state index contributed by atoms with van der Waals surface area (Å²) in [6.07, 6.45) is 2.36. The number of halogens is 1. The van der Waals surface area contributed by atoms with E-state index in [1.165, 1.54) is 20.0 Å². The number of rotatable bonds is 6. The maximum atomic E-state index is 11.8. The van der Waals surface area contributed by atoms with Crippen LogP contribution in [0.15, 0.2) is 24.3 Å². The van der Waals surface area contributed by atoms with Crippen LogP contribution in [0.4, 0.5) is 5.69 Å². The van der Waals surface area contributed by atoms with Crippen LogP contribution in [-0.2, 0) is 9.53 Å². The second-order valence-corrected chi connectivity index (χ2v) is 5.45. The molecule has 1 heterocycles. The molecule has 1 fully saturated rings. The van der Waals surface area contributed by atoms with Crippen LogP contribution in [0.1, 0.15) is 24.6 Å². The number of hydrogen-bond donors (Lipinski definition) is 3. The molecule has 7 nitrogen and oxygen atoms in total. The minimum absolute atomic E-state index is 0. The first-order chi connectivity index (χ1) is 10.7. The molecule has 1 atom stereocenters. The molecule has 1 aliphatic rings. The van der Waals surface area contributed by atoms with Crippen LogP contribution >= 0.6 is 12.4 Å². The summed E-state index contributed by atoms with van der Waals surface area (Å²) in [5.41, 5.74) is 7.26. The van der Waals surface area contributed by atoms with Crippen LogP contribution in [0.2, 0.25) is 0 Å². The van der Waals surface area contributed by atoms with Gasteiger partial charge in [-0.25, -0.2) is 4.98 Å². The van der Waals surface area contributed by atoms with Crippen molar-refractivity contribution in [1.29, 1.82) is 0 Å². The van der Waals surface area contributed by atoms with E-state index in [-0.39, 0.29) is 24.9 Å². The number of carbonyl (C=O) groups is 1. The molecular weight excluding hydrogens is 318 g/mol. The Morgan fingerprint density at radius 2 is 2.13 bits per heavy atom. The molecule has 3 rings (SSSR count). The molecule has 23 heavy (non-hydrogen) atoms. The maximum absolute atomic E-state index is 11.8. The van der Waals surface area contributed by atoms with Crippen molar-refractivity contribution >= 4 is 24.0 Å². The first-order valence-corrected chi connectivity index (χ1v) is 7.25. The third kappa shape index (κ3) is 4.28. The monoisotopic (exact) mass is 337 g/mol. The number of methoxy groups -OCH3 is 1. The summed E-state index contributed by atoms with van der Waals surface area (Å²) in [7, 11) is 1.51. The van der Waals surface area contributed by atoms with Gasteiger partial charge in [0.25, 0.3) is 0 Å². The van der Waals surface area contributed by atoms with Crippen molar-refractivity contribution in [2.24, 2.45) is 5.73 Å². The lowest BCUT2D eigenvalue weighted by Gasteiger charge is -2.11. The number of benzene rings is 1. The highest BCUT2D eigenvalue weighted by Crippen LogP contribution is 2.38. The minimum Gasteiger partial charge on any atom is -0.383 e. The van der Waals surface area contributed by atoms with Gasteiger partial charge in [0.15, 0.2) is 5.82 Å². The van der Waals surface area contributed by atoms with Gasteiger partial charge in [0, 0.05) is 24.3 Å². The van der Waals surface area contributed by atoms with Crippen molar-refractivity contribution in [2.45, 2.75) is 24.8 Å². The Kier molecular flexibility index (Phi) is 5.70. The highest BCUT2D eigenvalue weighted by atomic mass is 35.5. The summed E-state index contributed by atoms with van der Waals surface area (Å²) in [5, 5.41) is 9.96. The molecule has 8 heteroatoms. The molecule has 1 aromatic carbocycles. The summed E-state index contributed by atoms with van der Waals surface area (Å²) in [6, 6.07) is 6.67. The zero-order valence-corrected chi connectivity index (χ0v) is 13.6. The van der Waals surface area contributed by atoms with Crippen molar-refractivity contribution in [3.63, 3.8) is 0 Å². The molecule has 1 aromatic heterocycles. The van der Waals surface area contributed by atoms with Gasteiger partial charge in [0.05, 0.1) is 6.61 Å². The number of anilines is 1. The fourth-order valence-corrected chi connectivity index (χ4v) is 2.14. The van der Waals surface area contributed by atoms with Gasteiger partial charge in [0.1, 0.15) is 11.9 Å². The van der Waals surface area contributed by atoms with Gasteiger partial charge in [-0.15, -0.1) is 12.4 Å². The number of ether oxygens (including phenoxy) is 1. The predicted octanol–water partition coefficient (Wildman–Crippen LogP) is 1.68. The first kappa shape index (κ1) is 17.4. The molecule has 1 aliphatic carbocycles. The molecule has 2 aromatic rings. The molecule has 0 spiro atoms. The number of carbonyl (C=O) groups excluding carboxylic acids is 1. The maximum Gasteiger partial charge on any atom is 0.243 e. The topological polar surface area (TPSA) is 106 Å². The van der Waals surface area contributed by atoms with E-state index in [9.17, 15) is 4.79 Å². The van der Waals surface area contributed by atoms with E-state index < -0.39 is 6.04 Å². The molecule has 1 saturated carbocycles. The molecule has 4 N–H and O–H groups in total. The Balaban J connectivity index is 0.00000192. The lowest BCUT2D eigenvalue weighted by atomic mass is 10.2. The number of amides is 1. The van der Waals surface area contributed by atoms with Crippen LogP contribution < -0.4 is 11.1 Å². The number of nitrogens with two attached hydrogens (primary N) is 1. The Morgan fingerprint density at radius 3 is 2.74 bits per heavy atom. The van der Waals surface area contributed by atoms with E-state index in [0.29, 0.717) is 17.4 Å². The number of aromatic amines is 1. The average molecular weight is 338 g/mol. The Hall–Kier alpha value is -1.96. The Morgan fingerprint density at radius 1 is 1.43 bits per heavy atom. The third-order valence-electron chi connectivity index (χ3n) is 3.56. The number of hydrogen-bond acceptors (Lipinski definition) is 5. The molecule has 124 valence electrons. The van der Waals surface area contributed by atoms with Crippen molar-refractivity contribution in [3.8, 4) is 11.4 Å². The van der Waals surface area contributed by atoms with Gasteiger partial charge in [-0.05, 0) is 37.1 Å². The summed E-state index contributed by atoms with van der Waals surface area (Å²) in [4.78, 5) is 16.3. The number of H-pyrrole nitrogens is 1. The van der Waals surface area contributed by atoms with Gasteiger partial charge < -0.3 is 15.8 Å². The van der Waals surface area contributed by atoms with E-state index in [1.54, 1.807) is 12.1 Å². The Bertz CT molecular complexity index is 654. The zero-order chi connectivity index (χ0) is 15.5. The van der Waals surface area contributed by atoms with Gasteiger partial charge >= 0.3 is 0 Å². The summed E-state index contributed by atoms with van der Waals surface area (Å²) in [6.45, 7) is 0.186. The van der Waals surface area contributed by atoms with Gasteiger partial charge in [-0.2, -0.15) is 5.10 Å². The fraction of sp³-hybridized carbons (Fsp3) is 0.400. The summed E-state index contributed by atoms with van der Waals surface area (Å²) >= 11 is 0. The van der Waals surface area contributed by atoms with E-state index in [0.717, 1.165) is 11.4 Å². The summed E-state index contributed by atoms with van der Waals surface area (Å²) in [5.74, 6) is 1.90. The predicted molar refractivity (Wildman–Crippen MR) is 89.5 cm³/mol. The summed E-state index contributed by atoms with van der Waals surface area (Å²) < 4.78 is 4.86. The minimum atomic E-state index is -0.682. The average Bonchev–Trinajstić information content (AvgIpc) is 3.26. The first-order valence-electron chi connectivity index (χ1n) is 7.25. The molecule has 0 saturated heterocycles. The number of aromatic nitrogens is 3. The van der Waals surface area contributed by atoms with Gasteiger partial charge in [-0.1, -0.05) is 0 Å². The molecule has 1 amide bonds. The van der Waals surface area contributed by atoms with E-state index in [2.05, 4.69) is 20.5 Å². The van der Waals surface area contributed by atoms with Gasteiger partial charge in [-0.3, -0.25) is 9.89 Å². The van der Waals surface area contributed by atoms with Crippen molar-refractivity contribution in [3.05, 3.63) is 30.1 Å². The van der Waals surface area contributed by atoms with Crippen molar-refractivity contribution in [2.75, 3.05) is 19.0 Å². The lowest BCUT2D eigenvalue weighted by molar-refractivity contribution is -0.118. The molecular formula is C15H20ClN5O2. The second-order valence-electron chi connectivity index (χ2n) is 5.45. The third-order valence-corrected chi connectivity index (χ3v) is 3.56. The SMILES string of the molecule is COCC(N)C(=O)Nc1ccc(-c2n[nH]c(C3CC3)n2)cc1.Cl. The van der Waals surface area contributed by atoms with Gasteiger partial charge in [0.2, 0.25) is 5.91 Å². The highest BCUT2D eigenvalue weighted by molar-refractivity contribution is 5.94. The van der Waals surface area contributed by atoms with Crippen LogP contribution in [0.3, 0.4) is 0 Å². The lowest BCUT2D eigenvalue weighted by Crippen LogP contribution is -2.39. The smallest absolute Gasteiger partial charge is 0.243 e. The van der Waals surface area contributed by atoms with Crippen molar-refractivity contribution in [1.82, 2.24) is 15.2 Å². The largest absolute Gasteiger partial charge is 0.383 e. The zero-order valence-electron chi connectivity index (χ0n) is 12.8. The van der Waals surface area contributed by atoms with E-state index in [1.807, 2.05) is 12.1 Å². The normalized spacial score (nSPS) is 14.9. The van der Waals surface area contributed by atoms with E-state index in [4.69, 9.17) is 10.5 Å². The van der Waals surface area contributed by atoms with Crippen LogP contribution in [-0.4, -0.2) is 40.8 Å². The Labute approximate surface area is 140 Å². The second kappa shape index (κ2) is 7.54. The van der Waals surface area contributed by atoms with Crippen molar-refractivity contribution < 1.29 is 9.53 Å². The fourth-order valence-electron chi connectivity index (χ4n) is 2.14. The standard InChI is InChI=1S/C15H19N5O2.ClH/c1-22-8-12(16)15(21)17-11-6-4-10(5-7-11)14-18-13(19-20-14)9-2-3-9;/h4-7,9,12H,2-3,8,16H2,1H3,(H,17,21)(H,18,19,20);1H. The quantitative estimate of drug-likeness (QED) is 0.743. The molecule has 0 bridgehead atoms. The van der Waals surface area contributed by atoms with Crippen LogP contribution in [0.5, 0.6) is 0 Å². The molecule has 0 radical (unpaired) electrons. The van der Waals surface area contributed by atoms with E-state index >= 15 is 0 Å². The molecule has 0 aliphatic heterocycles. The number of nitrogens with zero attached hydrogens (tertiary/aromatic N) is 2. The number of nitrogens with one attached hydrogen (secondary N) is 2.